The van der Waals surface area contributed by atoms with Crippen LogP contribution >= 0.6 is 11.6 Å². The molecule has 0 saturated heterocycles. The lowest BCUT2D eigenvalue weighted by molar-refractivity contribution is 0.170. The molecule has 0 bridgehead atoms. The summed E-state index contributed by atoms with van der Waals surface area (Å²) in [6.07, 6.45) is 0. The van der Waals surface area contributed by atoms with Crippen molar-refractivity contribution < 1.29 is 48.4 Å². The highest BCUT2D eigenvalue weighted by molar-refractivity contribution is 7.89. The van der Waals surface area contributed by atoms with E-state index in [2.05, 4.69) is 0 Å². The number of carbonyl (C=O) groups excluding carboxylic acids is 1. The summed E-state index contributed by atoms with van der Waals surface area (Å²) in [4.78, 5) is 7.64. The van der Waals surface area contributed by atoms with Crippen LogP contribution in [0.3, 0.4) is 0 Å². The summed E-state index contributed by atoms with van der Waals surface area (Å²) in [6, 6.07) is 4.25. The van der Waals surface area contributed by atoms with Gasteiger partial charge in [-0.15, -0.1) is 0 Å². The van der Waals surface area contributed by atoms with Gasteiger partial charge in [-0.25, -0.2) is 30.0 Å². The molecule has 1 unspecified atom stereocenters. The van der Waals surface area contributed by atoms with Gasteiger partial charge in [0.2, 0.25) is 0 Å². The van der Waals surface area contributed by atoms with Gasteiger partial charge in [-0.3, -0.25) is 0 Å². The monoisotopic (exact) mass is 495 g/mol. The van der Waals surface area contributed by atoms with Crippen LogP contribution in [0.5, 0.6) is 0 Å². The first-order chi connectivity index (χ1) is 13.6. The number of halogens is 1. The molecule has 0 spiro atoms. The minimum Gasteiger partial charge on any atom is -0.744 e. The SMILES string of the molecule is O=C(Cl)OCC1c2ccc(S(=O)(=O)[O-])cc2-c2cc(S(=O)(=O)[O-])c(S(=O)(=O)[O-])cc21. The summed E-state index contributed by atoms with van der Waals surface area (Å²) in [5.74, 6) is -0.995. The smallest absolute Gasteiger partial charge is 0.403 e. The molecule has 0 aliphatic heterocycles. The molecule has 3 rings (SSSR count). The second-order valence-electron chi connectivity index (χ2n) is 6.10. The van der Waals surface area contributed by atoms with E-state index in [0.29, 0.717) is 12.1 Å². The predicted octanol–water partition coefficient (Wildman–Crippen LogP) is 0.887. The van der Waals surface area contributed by atoms with Crippen LogP contribution in [-0.2, 0) is 35.1 Å². The minimum absolute atomic E-state index is 0.0303. The Morgan fingerprint density at radius 3 is 1.87 bits per heavy atom. The quantitative estimate of drug-likeness (QED) is 0.421. The number of rotatable bonds is 5. The maximum atomic E-state index is 11.5. The summed E-state index contributed by atoms with van der Waals surface area (Å²) in [5.41, 5.74) is -1.22. The van der Waals surface area contributed by atoms with Crippen molar-refractivity contribution in [1.82, 2.24) is 0 Å². The van der Waals surface area contributed by atoms with Crippen molar-refractivity contribution in [3.63, 3.8) is 0 Å². The van der Waals surface area contributed by atoms with Gasteiger partial charge in [0, 0.05) is 17.5 Å². The van der Waals surface area contributed by atoms with Crippen molar-refractivity contribution in [2.45, 2.75) is 20.6 Å². The Labute approximate surface area is 175 Å². The van der Waals surface area contributed by atoms with Gasteiger partial charge >= 0.3 is 5.43 Å². The maximum Gasteiger partial charge on any atom is 0.403 e. The van der Waals surface area contributed by atoms with E-state index in [0.717, 1.165) is 12.1 Å². The Morgan fingerprint density at radius 2 is 1.37 bits per heavy atom. The van der Waals surface area contributed by atoms with E-state index in [9.17, 15) is 43.7 Å². The lowest BCUT2D eigenvalue weighted by atomic mass is 9.98. The molecule has 0 saturated carbocycles. The van der Waals surface area contributed by atoms with Crippen molar-refractivity contribution in [3.8, 4) is 11.1 Å². The third kappa shape index (κ3) is 4.20. The summed E-state index contributed by atoms with van der Waals surface area (Å²) < 4.78 is 108. The highest BCUT2D eigenvalue weighted by Crippen LogP contribution is 2.48. The van der Waals surface area contributed by atoms with Crippen LogP contribution in [0.25, 0.3) is 11.1 Å². The molecule has 15 heteroatoms. The summed E-state index contributed by atoms with van der Waals surface area (Å²) in [7, 11) is -15.8. The van der Waals surface area contributed by atoms with Gasteiger partial charge in [-0.1, -0.05) is 6.07 Å². The molecule has 0 fully saturated rings. The van der Waals surface area contributed by atoms with Gasteiger partial charge < -0.3 is 18.4 Å². The molecule has 0 heterocycles. The zero-order valence-electron chi connectivity index (χ0n) is 14.3. The van der Waals surface area contributed by atoms with Crippen molar-refractivity contribution >= 4 is 47.4 Å². The number of ether oxygens (including phenoxy) is 1. The Kier molecular flexibility index (Phi) is 5.47. The van der Waals surface area contributed by atoms with Gasteiger partial charge in [0.15, 0.2) is 0 Å². The van der Waals surface area contributed by atoms with Gasteiger partial charge in [-0.2, -0.15) is 0 Å². The van der Waals surface area contributed by atoms with E-state index in [-0.39, 0.29) is 22.3 Å². The number of fused-ring (bicyclic) bond motifs is 3. The van der Waals surface area contributed by atoms with Gasteiger partial charge in [0.05, 0.1) is 14.7 Å². The van der Waals surface area contributed by atoms with Crippen LogP contribution in [0.1, 0.15) is 17.0 Å². The molecule has 0 amide bonds. The zero-order chi connectivity index (χ0) is 22.6. The average molecular weight is 496 g/mol. The van der Waals surface area contributed by atoms with E-state index >= 15 is 0 Å². The average Bonchev–Trinajstić information content (AvgIpc) is 2.89. The molecular weight excluding hydrogens is 488 g/mol. The summed E-state index contributed by atoms with van der Waals surface area (Å²) in [5, 5.41) is 0. The third-order valence-corrected chi connectivity index (χ3v) is 7.19. The standard InChI is InChI=1S/C15H11ClO11S3/c16-15(17)27-6-12-8-2-1-7(28(18,19)20)3-9(8)10-4-13(29(21,22)23)14(5-11(10)12)30(24,25)26/h1-5,12H,6H2,(H,18,19,20)(H,21,22,23)(H,24,25,26)/p-3. The molecule has 0 aromatic heterocycles. The highest BCUT2D eigenvalue weighted by Gasteiger charge is 2.33. The maximum absolute atomic E-state index is 11.5. The second kappa shape index (κ2) is 7.26. The largest absolute Gasteiger partial charge is 0.744 e. The molecule has 1 atom stereocenters. The fourth-order valence-electron chi connectivity index (χ4n) is 3.21. The van der Waals surface area contributed by atoms with Crippen molar-refractivity contribution in [3.05, 3.63) is 41.5 Å². The van der Waals surface area contributed by atoms with Crippen molar-refractivity contribution in [1.29, 1.82) is 0 Å². The molecule has 11 nitrogen and oxygen atoms in total. The molecule has 1 aliphatic carbocycles. The Hall–Kier alpha value is -2.07. The zero-order valence-corrected chi connectivity index (χ0v) is 17.5. The Morgan fingerprint density at radius 1 is 0.833 bits per heavy atom. The summed E-state index contributed by atoms with van der Waals surface area (Å²) in [6.45, 7) is -0.492. The molecule has 2 aromatic carbocycles. The normalized spacial score (nSPS) is 16.1. The van der Waals surface area contributed by atoms with Crippen LogP contribution in [-0.4, -0.2) is 50.9 Å². The fourth-order valence-corrected chi connectivity index (χ4v) is 5.53. The van der Waals surface area contributed by atoms with Gasteiger partial charge in [0.25, 0.3) is 0 Å². The molecule has 1 aliphatic rings. The minimum atomic E-state index is -5.44. The molecule has 0 radical (unpaired) electrons. The van der Waals surface area contributed by atoms with Crippen molar-refractivity contribution in [2.24, 2.45) is 0 Å². The van der Waals surface area contributed by atoms with Gasteiger partial charge in [0.1, 0.15) is 37.0 Å². The summed E-state index contributed by atoms with van der Waals surface area (Å²) >= 11 is 5.14. The lowest BCUT2D eigenvalue weighted by Gasteiger charge is -2.19. The number of carbonyl (C=O) groups is 1. The van der Waals surface area contributed by atoms with Crippen LogP contribution in [0.15, 0.2) is 45.0 Å². The molecule has 2 aromatic rings. The fraction of sp³-hybridized carbons (Fsp3) is 0.133. The van der Waals surface area contributed by atoms with E-state index < -0.39 is 63.0 Å². The van der Waals surface area contributed by atoms with Gasteiger partial charge in [-0.05, 0) is 46.5 Å². The van der Waals surface area contributed by atoms with Crippen LogP contribution in [0, 0.1) is 0 Å². The van der Waals surface area contributed by atoms with Crippen LogP contribution in [0.2, 0.25) is 0 Å². The van der Waals surface area contributed by atoms with Crippen LogP contribution in [0.4, 0.5) is 4.79 Å². The number of hydrogen-bond acceptors (Lipinski definition) is 11. The third-order valence-electron chi connectivity index (χ3n) is 4.37. The number of benzene rings is 2. The first-order valence-electron chi connectivity index (χ1n) is 7.63. The first kappa shape index (κ1) is 22.6. The predicted molar refractivity (Wildman–Crippen MR) is 94.8 cm³/mol. The molecular formula is C15H8ClO11S3-3. The Balaban J connectivity index is 2.39. The van der Waals surface area contributed by atoms with Crippen molar-refractivity contribution in [2.75, 3.05) is 6.61 Å². The van der Waals surface area contributed by atoms with E-state index in [1.54, 1.807) is 0 Å². The topological polar surface area (TPSA) is 198 Å². The first-order valence-corrected chi connectivity index (χ1v) is 12.2. The van der Waals surface area contributed by atoms with E-state index in [1.807, 2.05) is 0 Å². The molecule has 30 heavy (non-hydrogen) atoms. The van der Waals surface area contributed by atoms with Crippen LogP contribution < -0.4 is 0 Å². The van der Waals surface area contributed by atoms with E-state index in [1.165, 1.54) is 6.07 Å². The molecule has 0 N–H and O–H groups in total. The second-order valence-corrected chi connectivity index (χ2v) is 10.5. The van der Waals surface area contributed by atoms with E-state index in [4.69, 9.17) is 16.3 Å². The molecule has 162 valence electrons. The Bertz CT molecular complexity index is 1390. The number of hydrogen-bond donors (Lipinski definition) is 0. The highest BCUT2D eigenvalue weighted by atomic mass is 35.5. The lowest BCUT2D eigenvalue weighted by Crippen LogP contribution is -2.12.